The van der Waals surface area contributed by atoms with E-state index in [0.717, 1.165) is 30.3 Å². The Labute approximate surface area is 292 Å². The smallest absolute Gasteiger partial charge is 0.272 e. The summed E-state index contributed by atoms with van der Waals surface area (Å²) in [4.78, 5) is 46.3. The van der Waals surface area contributed by atoms with Crippen molar-refractivity contribution in [3.8, 4) is 0 Å². The Morgan fingerprint density at radius 3 is 2.06 bits per heavy atom. The van der Waals surface area contributed by atoms with E-state index in [1.807, 2.05) is 49.0 Å². The number of hydrogen-bond donors (Lipinski definition) is 5. The molecule has 0 spiro atoms. The number of amidine groups is 1. The highest BCUT2D eigenvalue weighted by Gasteiger charge is 2.20. The molecule has 4 heterocycles. The Balaban J connectivity index is 1.23. The Bertz CT molecular complexity index is 2020. The van der Waals surface area contributed by atoms with E-state index in [-0.39, 0.29) is 23.6 Å². The summed E-state index contributed by atoms with van der Waals surface area (Å²) in [5, 5.41) is 21.3. The summed E-state index contributed by atoms with van der Waals surface area (Å²) in [6.45, 7) is 6.33. The molecule has 0 saturated carbocycles. The fraction of sp³-hybridized carbons (Fsp3) is 0.324. The van der Waals surface area contributed by atoms with Gasteiger partial charge in [0.05, 0.1) is 22.6 Å². The lowest BCUT2D eigenvalue weighted by Gasteiger charge is -2.12. The molecule has 5 rings (SSSR count). The highest BCUT2D eigenvalue weighted by molar-refractivity contribution is 6.10. The number of carbonyl (C=O) groups is 3. The van der Waals surface area contributed by atoms with Gasteiger partial charge in [0.2, 0.25) is 0 Å². The van der Waals surface area contributed by atoms with Gasteiger partial charge >= 0.3 is 0 Å². The zero-order valence-electron chi connectivity index (χ0n) is 29.5. The van der Waals surface area contributed by atoms with Gasteiger partial charge in [0, 0.05) is 62.9 Å². The van der Waals surface area contributed by atoms with E-state index in [0.29, 0.717) is 58.7 Å². The van der Waals surface area contributed by atoms with Gasteiger partial charge in [-0.25, -0.2) is 0 Å². The van der Waals surface area contributed by atoms with Crippen molar-refractivity contribution in [2.24, 2.45) is 20.0 Å². The van der Waals surface area contributed by atoms with Gasteiger partial charge in [-0.1, -0.05) is 32.0 Å². The maximum atomic E-state index is 13.4. The van der Waals surface area contributed by atoms with Crippen molar-refractivity contribution < 1.29 is 14.4 Å². The van der Waals surface area contributed by atoms with Crippen LogP contribution in [-0.2, 0) is 20.6 Å². The van der Waals surface area contributed by atoms with Crippen LogP contribution in [0.3, 0.4) is 0 Å². The summed E-state index contributed by atoms with van der Waals surface area (Å²) in [6, 6.07) is 14.6. The summed E-state index contributed by atoms with van der Waals surface area (Å²) >= 11 is 0. The van der Waals surface area contributed by atoms with Crippen molar-refractivity contribution in [3.63, 3.8) is 0 Å². The second kappa shape index (κ2) is 15.7. The first-order chi connectivity index (χ1) is 23.9. The summed E-state index contributed by atoms with van der Waals surface area (Å²) in [7, 11) is 7.46. The summed E-state index contributed by atoms with van der Waals surface area (Å²) in [5.41, 5.74) is 4.19. The van der Waals surface area contributed by atoms with E-state index < -0.39 is 0 Å². The Kier molecular flexibility index (Phi) is 11.2. The van der Waals surface area contributed by atoms with Gasteiger partial charge in [-0.2, -0.15) is 0 Å². The SMILES string of the molecule is CC(C)CCn1cc(NC(=O)c2cc(NC(=O)c3cc(NC(=N)c4cnc5ccccc5c4)cn3C)cn2C)cc1C(=O)NCCCN(C)C. The number of rotatable bonds is 14. The lowest BCUT2D eigenvalue weighted by Crippen LogP contribution is -2.28. The van der Waals surface area contributed by atoms with Crippen LogP contribution in [0.4, 0.5) is 17.1 Å². The lowest BCUT2D eigenvalue weighted by molar-refractivity contribution is 0.0940. The van der Waals surface area contributed by atoms with Gasteiger partial charge in [0.25, 0.3) is 17.7 Å². The molecule has 50 heavy (non-hydrogen) atoms. The monoisotopic (exact) mass is 678 g/mol. The minimum Gasteiger partial charge on any atom is -0.351 e. The van der Waals surface area contributed by atoms with E-state index in [4.69, 9.17) is 5.41 Å². The Hall–Kier alpha value is -5.69. The van der Waals surface area contributed by atoms with Gasteiger partial charge in [-0.15, -0.1) is 0 Å². The number of benzene rings is 1. The first kappa shape index (κ1) is 35.6. The number of nitrogens with one attached hydrogen (secondary N) is 5. The van der Waals surface area contributed by atoms with Crippen LogP contribution < -0.4 is 21.3 Å². The molecule has 0 radical (unpaired) electrons. The summed E-state index contributed by atoms with van der Waals surface area (Å²) in [5.74, 6) is -0.330. The number of aryl methyl sites for hydroxylation is 3. The van der Waals surface area contributed by atoms with Crippen LogP contribution in [-0.4, -0.2) is 74.3 Å². The molecule has 13 nitrogen and oxygen atoms in total. The van der Waals surface area contributed by atoms with Gasteiger partial charge < -0.3 is 39.9 Å². The largest absolute Gasteiger partial charge is 0.351 e. The molecule has 0 aliphatic rings. The summed E-state index contributed by atoms with van der Waals surface area (Å²) < 4.78 is 5.19. The molecule has 0 bridgehead atoms. The average Bonchev–Trinajstić information content (AvgIpc) is 3.77. The van der Waals surface area contributed by atoms with E-state index in [1.165, 1.54) is 0 Å². The molecular weight excluding hydrogens is 632 g/mol. The average molecular weight is 679 g/mol. The number of hydrogen-bond acceptors (Lipinski definition) is 6. The maximum Gasteiger partial charge on any atom is 0.272 e. The first-order valence-electron chi connectivity index (χ1n) is 16.7. The quantitative estimate of drug-likeness (QED) is 0.0604. The minimum atomic E-state index is -0.376. The molecule has 0 aliphatic heterocycles. The van der Waals surface area contributed by atoms with Crippen molar-refractivity contribution in [2.45, 2.75) is 33.2 Å². The lowest BCUT2D eigenvalue weighted by atomic mass is 10.1. The van der Waals surface area contributed by atoms with Crippen molar-refractivity contribution in [2.75, 3.05) is 43.1 Å². The van der Waals surface area contributed by atoms with Crippen LogP contribution in [0.2, 0.25) is 0 Å². The van der Waals surface area contributed by atoms with Crippen LogP contribution in [0.25, 0.3) is 10.9 Å². The predicted octanol–water partition coefficient (Wildman–Crippen LogP) is 5.38. The fourth-order valence-corrected chi connectivity index (χ4v) is 5.57. The second-order valence-corrected chi connectivity index (χ2v) is 13.2. The second-order valence-electron chi connectivity index (χ2n) is 13.2. The molecule has 4 aromatic heterocycles. The van der Waals surface area contributed by atoms with E-state index in [2.05, 4.69) is 45.0 Å². The van der Waals surface area contributed by atoms with Crippen LogP contribution in [0.1, 0.15) is 63.7 Å². The van der Waals surface area contributed by atoms with E-state index in [9.17, 15) is 14.4 Å². The normalized spacial score (nSPS) is 11.3. The molecule has 3 amide bonds. The van der Waals surface area contributed by atoms with Gasteiger partial charge in [0.1, 0.15) is 22.9 Å². The molecule has 1 aromatic carbocycles. The number of pyridine rings is 1. The number of para-hydroxylation sites is 1. The fourth-order valence-electron chi connectivity index (χ4n) is 5.57. The predicted molar refractivity (Wildman–Crippen MR) is 198 cm³/mol. The molecule has 5 aromatic rings. The Morgan fingerprint density at radius 2 is 1.42 bits per heavy atom. The summed E-state index contributed by atoms with van der Waals surface area (Å²) in [6.07, 6.45) is 8.54. The minimum absolute atomic E-state index is 0.155. The van der Waals surface area contributed by atoms with Crippen molar-refractivity contribution in [3.05, 3.63) is 96.0 Å². The number of fused-ring (bicyclic) bond motifs is 1. The molecule has 0 atom stereocenters. The highest BCUT2D eigenvalue weighted by Crippen LogP contribution is 2.21. The third kappa shape index (κ3) is 8.85. The van der Waals surface area contributed by atoms with Crippen LogP contribution in [0, 0.1) is 11.3 Å². The first-order valence-corrected chi connectivity index (χ1v) is 16.7. The third-order valence-corrected chi connectivity index (χ3v) is 8.28. The van der Waals surface area contributed by atoms with Gasteiger partial charge in [-0.3, -0.25) is 24.8 Å². The van der Waals surface area contributed by atoms with Gasteiger partial charge in [0.15, 0.2) is 0 Å². The van der Waals surface area contributed by atoms with Crippen molar-refractivity contribution >= 4 is 51.5 Å². The van der Waals surface area contributed by atoms with Crippen LogP contribution in [0.5, 0.6) is 0 Å². The van der Waals surface area contributed by atoms with E-state index in [1.54, 1.807) is 66.2 Å². The molecule has 0 aliphatic carbocycles. The topological polar surface area (TPSA) is 154 Å². The van der Waals surface area contributed by atoms with Crippen molar-refractivity contribution in [1.82, 2.24) is 28.9 Å². The zero-order valence-corrected chi connectivity index (χ0v) is 29.5. The standard InChI is InChI=1S/C37H46N10O3/c1-24(2)12-15-47-23-29(19-33(47)35(48)39-13-9-14-44(3)4)43-37(50)32-18-28(22-46(32)6)42-36(49)31-17-27(21-45(31)5)41-34(38)26-16-25-10-7-8-11-30(25)40-20-26/h7-8,10-11,16-24H,9,12-15H2,1-6H3,(H2,38,41)(H,39,48)(H,42,49)(H,43,50). The zero-order chi connectivity index (χ0) is 35.9. The number of carbonyl (C=O) groups excluding carboxylic acids is 3. The van der Waals surface area contributed by atoms with Crippen LogP contribution in [0.15, 0.2) is 73.3 Å². The van der Waals surface area contributed by atoms with Crippen LogP contribution >= 0.6 is 0 Å². The molecule has 5 N–H and O–H groups in total. The molecule has 0 saturated heterocycles. The molecular formula is C37H46N10O3. The number of anilines is 3. The maximum absolute atomic E-state index is 13.4. The molecule has 0 unspecified atom stereocenters. The molecule has 262 valence electrons. The molecule has 13 heteroatoms. The Morgan fingerprint density at radius 1 is 0.820 bits per heavy atom. The van der Waals surface area contributed by atoms with E-state index >= 15 is 0 Å². The third-order valence-electron chi connectivity index (χ3n) is 8.28. The number of nitrogens with zero attached hydrogens (tertiary/aromatic N) is 5. The molecule has 0 fully saturated rings. The van der Waals surface area contributed by atoms with Gasteiger partial charge in [-0.05, 0) is 69.7 Å². The number of amides is 3. The number of aromatic nitrogens is 4. The highest BCUT2D eigenvalue weighted by atomic mass is 16.2. The van der Waals surface area contributed by atoms with Crippen molar-refractivity contribution in [1.29, 1.82) is 5.41 Å².